The molecule has 0 aliphatic heterocycles. The molecule has 0 fully saturated rings. The van der Waals surface area contributed by atoms with Crippen molar-refractivity contribution in [1.29, 1.82) is 0 Å². The summed E-state index contributed by atoms with van der Waals surface area (Å²) in [6, 6.07) is 10.5. The van der Waals surface area contributed by atoms with Gasteiger partial charge in [-0.2, -0.15) is 0 Å². The summed E-state index contributed by atoms with van der Waals surface area (Å²) in [5.74, 6) is -4.34. The number of halogens is 3. The van der Waals surface area contributed by atoms with Gasteiger partial charge in [0.25, 0.3) is 5.91 Å². The van der Waals surface area contributed by atoms with Gasteiger partial charge in [-0.3, -0.25) is 9.59 Å². The van der Waals surface area contributed by atoms with Gasteiger partial charge in [0, 0.05) is 17.2 Å². The Morgan fingerprint density at radius 1 is 0.897 bits per heavy atom. The van der Waals surface area contributed by atoms with Gasteiger partial charge in [-0.05, 0) is 42.5 Å². The fraction of sp³-hybridized carbons (Fsp3) is 0. The molecule has 0 radical (unpaired) electrons. The second kappa shape index (κ2) is 7.23. The first-order chi connectivity index (χ1) is 13.9. The van der Waals surface area contributed by atoms with Gasteiger partial charge in [0.05, 0.1) is 11.3 Å². The highest BCUT2D eigenvalue weighted by Crippen LogP contribution is 2.25. The maximum Gasteiger partial charge on any atom is 0.255 e. The van der Waals surface area contributed by atoms with E-state index in [0.717, 1.165) is 24.3 Å². The average Bonchev–Trinajstić information content (AvgIpc) is 3.17. The van der Waals surface area contributed by atoms with Crippen molar-refractivity contribution in [1.82, 2.24) is 4.98 Å². The molecule has 4 aromatic rings. The molecule has 4 rings (SSSR count). The number of nitrogens with one attached hydrogen (secondary N) is 1. The van der Waals surface area contributed by atoms with E-state index in [4.69, 9.17) is 4.42 Å². The number of aromatic nitrogens is 1. The van der Waals surface area contributed by atoms with Crippen LogP contribution in [0, 0.1) is 17.5 Å². The highest BCUT2D eigenvalue weighted by atomic mass is 19.1. The van der Waals surface area contributed by atoms with E-state index in [1.165, 1.54) is 36.7 Å². The third kappa shape index (κ3) is 3.60. The highest BCUT2D eigenvalue weighted by molar-refractivity contribution is 6.11. The number of hydrogen-bond acceptors (Lipinski definition) is 4. The largest absolute Gasteiger partial charge is 0.443 e. The number of anilines is 1. The zero-order valence-electron chi connectivity index (χ0n) is 14.6. The lowest BCUT2D eigenvalue weighted by Crippen LogP contribution is -2.15. The Balaban J connectivity index is 1.69. The first-order valence-corrected chi connectivity index (χ1v) is 8.36. The van der Waals surface area contributed by atoms with E-state index < -0.39 is 40.4 Å². The van der Waals surface area contributed by atoms with Crippen LogP contribution in [-0.4, -0.2) is 16.7 Å². The van der Waals surface area contributed by atoms with Crippen LogP contribution >= 0.6 is 0 Å². The van der Waals surface area contributed by atoms with Crippen molar-refractivity contribution in [3.05, 3.63) is 95.1 Å². The molecule has 1 heterocycles. The minimum atomic E-state index is -1.11. The zero-order chi connectivity index (χ0) is 20.5. The van der Waals surface area contributed by atoms with Gasteiger partial charge in [0.2, 0.25) is 0 Å². The third-order valence-corrected chi connectivity index (χ3v) is 4.21. The molecule has 144 valence electrons. The van der Waals surface area contributed by atoms with E-state index >= 15 is 0 Å². The van der Waals surface area contributed by atoms with E-state index in [2.05, 4.69) is 10.3 Å². The summed E-state index contributed by atoms with van der Waals surface area (Å²) in [5, 5.41) is 2.17. The Bertz CT molecular complexity index is 1270. The Kier molecular flexibility index (Phi) is 4.59. The molecule has 3 aromatic carbocycles. The number of oxazole rings is 1. The van der Waals surface area contributed by atoms with Gasteiger partial charge in [-0.1, -0.05) is 6.07 Å². The van der Waals surface area contributed by atoms with Crippen molar-refractivity contribution >= 4 is 28.5 Å². The summed E-state index contributed by atoms with van der Waals surface area (Å²) < 4.78 is 47.3. The molecule has 1 N–H and O–H groups in total. The number of benzene rings is 3. The van der Waals surface area contributed by atoms with Crippen LogP contribution in [0.1, 0.15) is 26.3 Å². The van der Waals surface area contributed by atoms with Crippen LogP contribution in [0.25, 0.3) is 11.1 Å². The monoisotopic (exact) mass is 396 g/mol. The summed E-state index contributed by atoms with van der Waals surface area (Å²) in [6.45, 7) is 0. The Hall–Kier alpha value is -3.94. The number of carbonyl (C=O) groups is 2. The Morgan fingerprint density at radius 3 is 2.52 bits per heavy atom. The van der Waals surface area contributed by atoms with Crippen molar-refractivity contribution in [3.8, 4) is 0 Å². The van der Waals surface area contributed by atoms with Gasteiger partial charge < -0.3 is 9.73 Å². The number of fused-ring (bicyclic) bond motifs is 1. The molecule has 0 spiro atoms. The minimum absolute atomic E-state index is 0.0679. The van der Waals surface area contributed by atoms with Crippen LogP contribution in [0.4, 0.5) is 18.9 Å². The standard InChI is InChI=1S/C21H11F3N2O3/c22-13-3-1-2-12(6-13)21(28)26-17-9-14(23)8-15(19(17)24)20(27)11-4-5-18-16(7-11)25-10-29-18/h1-10H,(H,26,28). The maximum absolute atomic E-state index is 14.9. The van der Waals surface area contributed by atoms with Crippen molar-refractivity contribution in [2.45, 2.75) is 0 Å². The van der Waals surface area contributed by atoms with E-state index in [9.17, 15) is 22.8 Å². The van der Waals surface area contributed by atoms with Crippen molar-refractivity contribution in [3.63, 3.8) is 0 Å². The van der Waals surface area contributed by atoms with Crippen LogP contribution < -0.4 is 5.32 Å². The molecule has 0 saturated carbocycles. The number of rotatable bonds is 4. The number of nitrogens with zero attached hydrogens (tertiary/aromatic N) is 1. The average molecular weight is 396 g/mol. The maximum atomic E-state index is 14.9. The Morgan fingerprint density at radius 2 is 1.72 bits per heavy atom. The topological polar surface area (TPSA) is 72.2 Å². The Labute approximate surface area is 161 Å². The molecule has 29 heavy (non-hydrogen) atoms. The smallest absolute Gasteiger partial charge is 0.255 e. The second-order valence-corrected chi connectivity index (χ2v) is 6.14. The molecule has 5 nitrogen and oxygen atoms in total. The summed E-state index contributed by atoms with van der Waals surface area (Å²) in [7, 11) is 0. The molecule has 0 aliphatic rings. The number of hydrogen-bond donors (Lipinski definition) is 1. The summed E-state index contributed by atoms with van der Waals surface area (Å²) in [5.41, 5.74) is -0.305. The molecule has 0 bridgehead atoms. The van der Waals surface area contributed by atoms with Crippen LogP contribution in [-0.2, 0) is 0 Å². The van der Waals surface area contributed by atoms with Gasteiger partial charge in [0.15, 0.2) is 23.6 Å². The van der Waals surface area contributed by atoms with Crippen LogP contribution in [0.5, 0.6) is 0 Å². The van der Waals surface area contributed by atoms with Gasteiger partial charge in [-0.15, -0.1) is 0 Å². The molecule has 8 heteroatoms. The number of carbonyl (C=O) groups excluding carboxylic acids is 2. The summed E-state index contributed by atoms with van der Waals surface area (Å²) >= 11 is 0. The SMILES string of the molecule is O=C(Nc1cc(F)cc(C(=O)c2ccc3ocnc3c2)c1F)c1cccc(F)c1. The summed E-state index contributed by atoms with van der Waals surface area (Å²) in [4.78, 5) is 28.9. The molecule has 1 amide bonds. The van der Waals surface area contributed by atoms with Crippen molar-refractivity contribution < 1.29 is 27.2 Å². The first-order valence-electron chi connectivity index (χ1n) is 8.36. The zero-order valence-corrected chi connectivity index (χ0v) is 14.6. The fourth-order valence-corrected chi connectivity index (χ4v) is 2.82. The van der Waals surface area contributed by atoms with Crippen LogP contribution in [0.15, 0.2) is 65.4 Å². The molecule has 0 saturated heterocycles. The first kappa shape index (κ1) is 18.4. The van der Waals surface area contributed by atoms with Crippen LogP contribution in [0.2, 0.25) is 0 Å². The van der Waals surface area contributed by atoms with Crippen LogP contribution in [0.3, 0.4) is 0 Å². The van der Waals surface area contributed by atoms with Gasteiger partial charge in [-0.25, -0.2) is 18.2 Å². The molecule has 1 aromatic heterocycles. The molecule has 0 unspecified atom stereocenters. The third-order valence-electron chi connectivity index (χ3n) is 4.21. The fourth-order valence-electron chi connectivity index (χ4n) is 2.82. The van der Waals surface area contributed by atoms with Gasteiger partial charge in [0.1, 0.15) is 17.2 Å². The normalized spacial score (nSPS) is 10.9. The lowest BCUT2D eigenvalue weighted by atomic mass is 10.0. The van der Waals surface area contributed by atoms with E-state index in [1.807, 2.05) is 0 Å². The predicted molar refractivity (Wildman–Crippen MR) is 98.2 cm³/mol. The second-order valence-electron chi connectivity index (χ2n) is 6.14. The van der Waals surface area contributed by atoms with E-state index in [0.29, 0.717) is 11.1 Å². The molecule has 0 aliphatic carbocycles. The number of amides is 1. The summed E-state index contributed by atoms with van der Waals surface area (Å²) in [6.07, 6.45) is 1.20. The molecular formula is C21H11F3N2O3. The molecule has 0 atom stereocenters. The van der Waals surface area contributed by atoms with Crippen molar-refractivity contribution in [2.75, 3.05) is 5.32 Å². The van der Waals surface area contributed by atoms with Crippen molar-refractivity contribution in [2.24, 2.45) is 0 Å². The minimum Gasteiger partial charge on any atom is -0.443 e. The van der Waals surface area contributed by atoms with E-state index in [1.54, 1.807) is 0 Å². The highest BCUT2D eigenvalue weighted by Gasteiger charge is 2.21. The molecular weight excluding hydrogens is 385 g/mol. The predicted octanol–water partition coefficient (Wildman–Crippen LogP) is 4.73. The van der Waals surface area contributed by atoms with E-state index in [-0.39, 0.29) is 11.1 Å². The number of ketones is 1. The lowest BCUT2D eigenvalue weighted by molar-refractivity contribution is 0.101. The quantitative estimate of drug-likeness (QED) is 0.507. The lowest BCUT2D eigenvalue weighted by Gasteiger charge is -2.10. The van der Waals surface area contributed by atoms with Gasteiger partial charge >= 0.3 is 0 Å².